The van der Waals surface area contributed by atoms with E-state index in [-0.39, 0.29) is 12.0 Å². The molecule has 0 aromatic heterocycles. The molecule has 0 radical (unpaired) electrons. The summed E-state index contributed by atoms with van der Waals surface area (Å²) >= 11 is 0. The van der Waals surface area contributed by atoms with Crippen LogP contribution in [0.25, 0.3) is 0 Å². The lowest BCUT2D eigenvalue weighted by molar-refractivity contribution is -0.145. The Morgan fingerprint density at radius 2 is 1.76 bits per heavy atom. The SMILES string of the molecule is COC(=O)[C@@H](N)C(C)(C)CC(C)(C)CNC(=O)OCc1ccccc1. The van der Waals surface area contributed by atoms with Gasteiger partial charge >= 0.3 is 12.1 Å². The highest BCUT2D eigenvalue weighted by Gasteiger charge is 2.38. The van der Waals surface area contributed by atoms with Crippen molar-refractivity contribution in [3.63, 3.8) is 0 Å². The van der Waals surface area contributed by atoms with Crippen molar-refractivity contribution in [2.24, 2.45) is 16.6 Å². The van der Waals surface area contributed by atoms with Crippen LogP contribution in [0.5, 0.6) is 0 Å². The van der Waals surface area contributed by atoms with Crippen molar-refractivity contribution in [1.29, 1.82) is 0 Å². The smallest absolute Gasteiger partial charge is 0.407 e. The molecular formula is C19H30N2O4. The minimum atomic E-state index is -0.721. The number of methoxy groups -OCH3 is 1. The highest BCUT2D eigenvalue weighted by molar-refractivity contribution is 5.76. The first-order valence-electron chi connectivity index (χ1n) is 8.35. The number of amides is 1. The summed E-state index contributed by atoms with van der Waals surface area (Å²) in [6, 6.07) is 8.77. The quantitative estimate of drug-likeness (QED) is 0.704. The molecule has 0 saturated carbocycles. The van der Waals surface area contributed by atoms with Crippen LogP contribution in [0.3, 0.4) is 0 Å². The van der Waals surface area contributed by atoms with E-state index in [1.54, 1.807) is 0 Å². The van der Waals surface area contributed by atoms with Crippen LogP contribution in [0.2, 0.25) is 0 Å². The molecule has 140 valence electrons. The normalized spacial score (nSPS) is 13.0. The number of carbonyl (C=O) groups is 2. The third-order valence-corrected chi connectivity index (χ3v) is 4.16. The number of hydrogen-bond acceptors (Lipinski definition) is 5. The second-order valence-electron chi connectivity index (χ2n) is 7.75. The van der Waals surface area contributed by atoms with Gasteiger partial charge in [-0.25, -0.2) is 4.79 Å². The maximum absolute atomic E-state index is 11.9. The van der Waals surface area contributed by atoms with Crippen molar-refractivity contribution in [3.05, 3.63) is 35.9 Å². The first kappa shape index (κ1) is 21.0. The summed E-state index contributed by atoms with van der Waals surface area (Å²) in [6.07, 6.45) is 0.168. The van der Waals surface area contributed by atoms with Gasteiger partial charge in [-0.1, -0.05) is 58.0 Å². The average molecular weight is 350 g/mol. The standard InChI is InChI=1S/C19H30N2O4/c1-18(2,12-19(3,4)15(20)16(22)24-5)13-21-17(23)25-11-14-9-7-6-8-10-14/h6-10,15H,11-13,20H2,1-5H3,(H,21,23)/t15-/m1/s1. The molecule has 6 heteroatoms. The van der Waals surface area contributed by atoms with Gasteiger partial charge in [0.2, 0.25) is 0 Å². The number of nitrogens with two attached hydrogens (primary N) is 1. The molecule has 0 aliphatic heterocycles. The van der Waals surface area contributed by atoms with Gasteiger partial charge in [-0.05, 0) is 22.8 Å². The Morgan fingerprint density at radius 3 is 2.32 bits per heavy atom. The molecule has 1 amide bonds. The van der Waals surface area contributed by atoms with Crippen LogP contribution in [0.1, 0.15) is 39.7 Å². The molecule has 0 spiro atoms. The van der Waals surface area contributed by atoms with Crippen molar-refractivity contribution in [2.75, 3.05) is 13.7 Å². The monoisotopic (exact) mass is 350 g/mol. The minimum Gasteiger partial charge on any atom is -0.468 e. The first-order valence-corrected chi connectivity index (χ1v) is 8.35. The number of alkyl carbamates (subject to hydrolysis) is 1. The summed E-state index contributed by atoms with van der Waals surface area (Å²) in [4.78, 5) is 23.6. The number of benzene rings is 1. The van der Waals surface area contributed by atoms with Gasteiger partial charge in [0.1, 0.15) is 12.6 Å². The number of ether oxygens (including phenoxy) is 2. The summed E-state index contributed by atoms with van der Waals surface area (Å²) < 4.78 is 9.94. The molecule has 3 N–H and O–H groups in total. The highest BCUT2D eigenvalue weighted by atomic mass is 16.5. The third kappa shape index (κ3) is 7.13. The van der Waals surface area contributed by atoms with Crippen molar-refractivity contribution in [1.82, 2.24) is 5.32 Å². The Hall–Kier alpha value is -2.08. The molecular weight excluding hydrogens is 320 g/mol. The van der Waals surface area contributed by atoms with Gasteiger partial charge < -0.3 is 20.5 Å². The largest absolute Gasteiger partial charge is 0.468 e. The summed E-state index contributed by atoms with van der Waals surface area (Å²) in [5, 5.41) is 2.78. The molecule has 0 fully saturated rings. The van der Waals surface area contributed by atoms with Crippen LogP contribution in [-0.2, 0) is 20.9 Å². The van der Waals surface area contributed by atoms with E-state index in [0.717, 1.165) is 5.56 Å². The average Bonchev–Trinajstić information content (AvgIpc) is 2.56. The second kappa shape index (κ2) is 8.85. The van der Waals surface area contributed by atoms with Gasteiger partial charge in [-0.15, -0.1) is 0 Å². The fraction of sp³-hybridized carbons (Fsp3) is 0.579. The number of nitrogens with one attached hydrogen (secondary N) is 1. The first-order chi connectivity index (χ1) is 11.6. The lowest BCUT2D eigenvalue weighted by Crippen LogP contribution is -2.48. The van der Waals surface area contributed by atoms with Crippen LogP contribution < -0.4 is 11.1 Å². The van der Waals surface area contributed by atoms with E-state index < -0.39 is 23.5 Å². The Balaban J connectivity index is 2.48. The maximum atomic E-state index is 11.9. The van der Waals surface area contributed by atoms with E-state index in [0.29, 0.717) is 13.0 Å². The topological polar surface area (TPSA) is 90.6 Å². The maximum Gasteiger partial charge on any atom is 0.407 e. The van der Waals surface area contributed by atoms with Gasteiger partial charge in [0.05, 0.1) is 7.11 Å². The number of carbonyl (C=O) groups excluding carboxylic acids is 2. The molecule has 0 aliphatic carbocycles. The zero-order chi connectivity index (χ0) is 19.1. The zero-order valence-corrected chi connectivity index (χ0v) is 15.8. The molecule has 0 heterocycles. The number of rotatable bonds is 8. The van der Waals surface area contributed by atoms with Gasteiger partial charge in [0.15, 0.2) is 0 Å². The van der Waals surface area contributed by atoms with Gasteiger partial charge in [-0.2, -0.15) is 0 Å². The summed E-state index contributed by atoms with van der Waals surface area (Å²) in [5.41, 5.74) is 6.20. The van der Waals surface area contributed by atoms with Crippen molar-refractivity contribution < 1.29 is 19.1 Å². The van der Waals surface area contributed by atoms with Gasteiger partial charge in [0.25, 0.3) is 0 Å². The van der Waals surface area contributed by atoms with Crippen LogP contribution in [0, 0.1) is 10.8 Å². The van der Waals surface area contributed by atoms with Gasteiger partial charge in [-0.3, -0.25) is 4.79 Å². The predicted molar refractivity (Wildman–Crippen MR) is 96.8 cm³/mol. The molecule has 0 bridgehead atoms. The number of hydrogen-bond donors (Lipinski definition) is 2. The van der Waals surface area contributed by atoms with Crippen molar-refractivity contribution >= 4 is 12.1 Å². The zero-order valence-electron chi connectivity index (χ0n) is 15.8. The van der Waals surface area contributed by atoms with Gasteiger partial charge in [0, 0.05) is 6.54 Å². The Bertz CT molecular complexity index is 570. The second-order valence-corrected chi connectivity index (χ2v) is 7.75. The van der Waals surface area contributed by atoms with Crippen LogP contribution in [-0.4, -0.2) is 31.8 Å². The van der Waals surface area contributed by atoms with Crippen LogP contribution in [0.4, 0.5) is 4.79 Å². The molecule has 0 saturated heterocycles. The predicted octanol–water partition coefficient (Wildman–Crippen LogP) is 2.86. The molecule has 0 unspecified atom stereocenters. The third-order valence-electron chi connectivity index (χ3n) is 4.16. The molecule has 6 nitrogen and oxygen atoms in total. The van der Waals surface area contributed by atoms with E-state index >= 15 is 0 Å². The Morgan fingerprint density at radius 1 is 1.16 bits per heavy atom. The molecule has 1 rings (SSSR count). The van der Waals surface area contributed by atoms with Crippen molar-refractivity contribution in [2.45, 2.75) is 46.8 Å². The summed E-state index contributed by atoms with van der Waals surface area (Å²) in [7, 11) is 1.33. The molecule has 1 aromatic rings. The fourth-order valence-electron chi connectivity index (χ4n) is 2.94. The van der Waals surface area contributed by atoms with E-state index in [9.17, 15) is 9.59 Å². The summed E-state index contributed by atoms with van der Waals surface area (Å²) in [5.74, 6) is -0.434. The lowest BCUT2D eigenvalue weighted by atomic mass is 9.71. The molecule has 0 aliphatic rings. The minimum absolute atomic E-state index is 0.228. The van der Waals surface area contributed by atoms with Crippen molar-refractivity contribution in [3.8, 4) is 0 Å². The highest BCUT2D eigenvalue weighted by Crippen LogP contribution is 2.35. The lowest BCUT2D eigenvalue weighted by Gasteiger charge is -2.37. The Kier molecular flexibility index (Phi) is 7.42. The van der Waals surface area contributed by atoms with E-state index in [2.05, 4.69) is 5.32 Å². The van der Waals surface area contributed by atoms with E-state index in [1.165, 1.54) is 7.11 Å². The summed E-state index contributed by atoms with van der Waals surface area (Å²) in [6.45, 7) is 8.50. The van der Waals surface area contributed by atoms with E-state index in [4.69, 9.17) is 15.2 Å². The van der Waals surface area contributed by atoms with E-state index in [1.807, 2.05) is 58.0 Å². The number of esters is 1. The Labute approximate surface area is 150 Å². The van der Waals surface area contributed by atoms with Crippen LogP contribution >= 0.6 is 0 Å². The molecule has 1 atom stereocenters. The molecule has 1 aromatic carbocycles. The molecule has 25 heavy (non-hydrogen) atoms. The fourth-order valence-corrected chi connectivity index (χ4v) is 2.94. The van der Waals surface area contributed by atoms with Crippen LogP contribution in [0.15, 0.2) is 30.3 Å².